The summed E-state index contributed by atoms with van der Waals surface area (Å²) in [5.74, 6) is -5.47. The van der Waals surface area contributed by atoms with Gasteiger partial charge < -0.3 is 49.3 Å². The number of carboxylic acid groups (broad SMARTS) is 1. The van der Waals surface area contributed by atoms with Crippen molar-refractivity contribution in [1.29, 1.82) is 0 Å². The van der Waals surface area contributed by atoms with Crippen LogP contribution in [0.2, 0.25) is 0 Å². The molecule has 7 atom stereocenters. The lowest BCUT2D eigenvalue weighted by molar-refractivity contribution is -0.144. The molecule has 0 rings (SSSR count). The van der Waals surface area contributed by atoms with E-state index in [-0.39, 0.29) is 24.7 Å². The predicted molar refractivity (Wildman–Crippen MR) is 162 cm³/mol. The molecule has 0 fully saturated rings. The zero-order chi connectivity index (χ0) is 33.1. The van der Waals surface area contributed by atoms with Gasteiger partial charge in [-0.25, -0.2) is 4.79 Å². The minimum absolute atomic E-state index is 0.139. The first-order valence-corrected chi connectivity index (χ1v) is 15.1. The first-order valence-electron chi connectivity index (χ1n) is 15.1. The summed E-state index contributed by atoms with van der Waals surface area (Å²) in [6.07, 6.45) is 2.93. The van der Waals surface area contributed by atoms with Gasteiger partial charge >= 0.3 is 5.97 Å². The first kappa shape index (κ1) is 39.7. The molecule has 0 bridgehead atoms. The van der Waals surface area contributed by atoms with Crippen LogP contribution in [0.1, 0.15) is 85.5 Å². The van der Waals surface area contributed by atoms with Gasteiger partial charge in [0.15, 0.2) is 0 Å². The van der Waals surface area contributed by atoms with E-state index in [9.17, 15) is 33.9 Å². The smallest absolute Gasteiger partial charge is 0.326 e. The number of aliphatic carboxylic acids is 1. The van der Waals surface area contributed by atoms with Crippen molar-refractivity contribution in [2.45, 2.75) is 116 Å². The van der Waals surface area contributed by atoms with Crippen LogP contribution < -0.4 is 44.2 Å². The molecule has 0 heterocycles. The topological polar surface area (TPSA) is 275 Å². The van der Waals surface area contributed by atoms with Crippen LogP contribution in [-0.4, -0.2) is 83.9 Å². The number of hydrogen-bond donors (Lipinski definition) is 9. The maximum atomic E-state index is 13.5. The van der Waals surface area contributed by atoms with Crippen molar-refractivity contribution in [3.05, 3.63) is 0 Å². The van der Waals surface area contributed by atoms with E-state index in [4.69, 9.17) is 22.9 Å². The van der Waals surface area contributed by atoms with Crippen LogP contribution in [0.15, 0.2) is 0 Å². The van der Waals surface area contributed by atoms with Crippen molar-refractivity contribution >= 4 is 35.5 Å². The normalized spacial score (nSPS) is 16.0. The highest BCUT2D eigenvalue weighted by Gasteiger charge is 2.33. The molecule has 15 heteroatoms. The lowest BCUT2D eigenvalue weighted by Crippen LogP contribution is -2.59. The first-order chi connectivity index (χ1) is 20.2. The van der Waals surface area contributed by atoms with Gasteiger partial charge in [0.05, 0.1) is 12.5 Å². The van der Waals surface area contributed by atoms with Crippen molar-refractivity contribution in [2.24, 2.45) is 34.8 Å². The second-order valence-electron chi connectivity index (χ2n) is 11.0. The molecule has 0 aliphatic heterocycles. The van der Waals surface area contributed by atoms with Crippen molar-refractivity contribution in [1.82, 2.24) is 21.3 Å². The number of primary amides is 1. The Hall–Kier alpha value is -3.30. The molecule has 5 amide bonds. The number of unbranched alkanes of at least 4 members (excludes halogenated alkanes) is 2. The minimum Gasteiger partial charge on any atom is -0.480 e. The highest BCUT2D eigenvalue weighted by atomic mass is 16.4. The number of hydrogen-bond acceptors (Lipinski definition) is 9. The summed E-state index contributed by atoms with van der Waals surface area (Å²) in [5.41, 5.74) is 22.5. The maximum Gasteiger partial charge on any atom is 0.326 e. The third kappa shape index (κ3) is 15.1. The molecule has 43 heavy (non-hydrogen) atoms. The molecule has 13 N–H and O–H groups in total. The van der Waals surface area contributed by atoms with Crippen molar-refractivity contribution < 1.29 is 33.9 Å². The second kappa shape index (κ2) is 21.4. The Labute approximate surface area is 254 Å². The zero-order valence-corrected chi connectivity index (χ0v) is 26.0. The summed E-state index contributed by atoms with van der Waals surface area (Å²) in [4.78, 5) is 76.0. The quantitative estimate of drug-likeness (QED) is 0.0605. The lowest BCUT2D eigenvalue weighted by atomic mass is 9.98. The fourth-order valence-electron chi connectivity index (χ4n) is 4.20. The lowest BCUT2D eigenvalue weighted by Gasteiger charge is -2.27. The Balaban J connectivity index is 5.99. The molecular weight excluding hydrogens is 560 g/mol. The van der Waals surface area contributed by atoms with Gasteiger partial charge in [-0.05, 0) is 63.5 Å². The van der Waals surface area contributed by atoms with Crippen LogP contribution in [0.5, 0.6) is 0 Å². The molecule has 0 aliphatic rings. The second-order valence-corrected chi connectivity index (χ2v) is 11.0. The number of amides is 5. The molecule has 0 aromatic rings. The summed E-state index contributed by atoms with van der Waals surface area (Å²) < 4.78 is 0. The maximum absolute atomic E-state index is 13.5. The number of rotatable bonds is 23. The van der Waals surface area contributed by atoms with Crippen molar-refractivity contribution in [2.75, 3.05) is 13.1 Å². The third-order valence-corrected chi connectivity index (χ3v) is 7.53. The Kier molecular flexibility index (Phi) is 19.8. The molecule has 0 aromatic heterocycles. The number of carbonyl (C=O) groups is 6. The summed E-state index contributed by atoms with van der Waals surface area (Å²) in [5, 5.41) is 19.8. The fourth-order valence-corrected chi connectivity index (χ4v) is 4.20. The minimum atomic E-state index is -1.39. The van der Waals surface area contributed by atoms with Gasteiger partial charge in [0.25, 0.3) is 0 Å². The average molecular weight is 615 g/mol. The van der Waals surface area contributed by atoms with E-state index in [2.05, 4.69) is 21.3 Å². The summed E-state index contributed by atoms with van der Waals surface area (Å²) in [6, 6.07) is -5.75. The van der Waals surface area contributed by atoms with E-state index in [0.29, 0.717) is 51.6 Å². The number of nitrogens with one attached hydrogen (secondary N) is 4. The zero-order valence-electron chi connectivity index (χ0n) is 26.0. The summed E-state index contributed by atoms with van der Waals surface area (Å²) in [6.45, 7) is 7.82. The summed E-state index contributed by atoms with van der Waals surface area (Å²) >= 11 is 0. The van der Waals surface area contributed by atoms with Crippen LogP contribution in [0.25, 0.3) is 0 Å². The van der Waals surface area contributed by atoms with E-state index >= 15 is 0 Å². The molecule has 0 aromatic carbocycles. The number of nitrogens with two attached hydrogens (primary N) is 4. The largest absolute Gasteiger partial charge is 0.480 e. The fraction of sp³-hybridized carbons (Fsp3) is 0.786. The van der Waals surface area contributed by atoms with Crippen molar-refractivity contribution in [3.63, 3.8) is 0 Å². The molecule has 248 valence electrons. The van der Waals surface area contributed by atoms with Crippen LogP contribution >= 0.6 is 0 Å². The van der Waals surface area contributed by atoms with E-state index in [0.717, 1.165) is 0 Å². The van der Waals surface area contributed by atoms with Gasteiger partial charge in [-0.1, -0.05) is 40.5 Å². The van der Waals surface area contributed by atoms with Gasteiger partial charge in [-0.3, -0.25) is 24.0 Å². The molecule has 0 saturated heterocycles. The highest BCUT2D eigenvalue weighted by molar-refractivity contribution is 5.97. The third-order valence-electron chi connectivity index (χ3n) is 7.53. The molecule has 0 radical (unpaired) electrons. The van der Waals surface area contributed by atoms with Gasteiger partial charge in [-0.2, -0.15) is 0 Å². The van der Waals surface area contributed by atoms with Crippen LogP contribution in [0, 0.1) is 11.8 Å². The molecule has 15 nitrogen and oxygen atoms in total. The predicted octanol–water partition coefficient (Wildman–Crippen LogP) is -1.44. The molecule has 0 spiro atoms. The van der Waals surface area contributed by atoms with Crippen LogP contribution in [-0.2, 0) is 28.8 Å². The Morgan fingerprint density at radius 2 is 1.07 bits per heavy atom. The Bertz CT molecular complexity index is 920. The highest BCUT2D eigenvalue weighted by Crippen LogP contribution is 2.11. The van der Waals surface area contributed by atoms with Crippen LogP contribution in [0.3, 0.4) is 0 Å². The van der Waals surface area contributed by atoms with Crippen LogP contribution in [0.4, 0.5) is 0 Å². The Morgan fingerprint density at radius 3 is 1.47 bits per heavy atom. The van der Waals surface area contributed by atoms with Gasteiger partial charge in [-0.15, -0.1) is 0 Å². The van der Waals surface area contributed by atoms with E-state index < -0.39 is 72.1 Å². The number of carbonyl (C=O) groups excluding carboxylic acids is 5. The Morgan fingerprint density at radius 1 is 0.651 bits per heavy atom. The monoisotopic (exact) mass is 614 g/mol. The van der Waals surface area contributed by atoms with Gasteiger partial charge in [0.2, 0.25) is 29.5 Å². The molecule has 0 saturated carbocycles. The van der Waals surface area contributed by atoms with Gasteiger partial charge in [0.1, 0.15) is 24.2 Å². The van der Waals surface area contributed by atoms with E-state index in [1.807, 2.05) is 6.92 Å². The summed E-state index contributed by atoms with van der Waals surface area (Å²) in [7, 11) is 0. The van der Waals surface area contributed by atoms with E-state index in [1.54, 1.807) is 20.8 Å². The average Bonchev–Trinajstić information content (AvgIpc) is 2.96. The molecular formula is C28H54N8O7. The standard InChI is InChI=1S/C28H54N8O7/c1-5-16(3)22(32)27(41)35-20(15-21(31)37)26(40)34-18(11-7-9-13-29)24(38)33-19(12-8-10-14-30)25(39)36-23(28(42)43)17(4)6-2/h16-20,22-23H,5-15,29-30,32H2,1-4H3,(H2,31,37)(H,33,38)(H,34,40)(H,35,41)(H,36,39)(H,42,43)/t16-,17-,18-,19-,20-,22-,23-/m0/s1. The molecule has 0 aliphatic carbocycles. The van der Waals surface area contributed by atoms with E-state index in [1.165, 1.54) is 0 Å². The number of carboxylic acids is 1. The van der Waals surface area contributed by atoms with Gasteiger partial charge in [0, 0.05) is 0 Å². The molecule has 0 unspecified atom stereocenters. The SMILES string of the molecule is CC[C@H](C)[C@H](N)C(=O)N[C@@H](CC(N)=O)C(=O)N[C@@H](CCCCN)C(=O)N[C@@H](CCCCN)C(=O)N[C@H](C(=O)O)[C@@H](C)CC. The van der Waals surface area contributed by atoms with Crippen molar-refractivity contribution in [3.8, 4) is 0 Å².